The van der Waals surface area contributed by atoms with E-state index in [1.165, 1.54) is 38.5 Å². The van der Waals surface area contributed by atoms with E-state index in [2.05, 4.69) is 10.4 Å². The molecule has 0 radical (unpaired) electrons. The number of nitrogens with two attached hydrogens (primary N) is 1. The van der Waals surface area contributed by atoms with Crippen molar-refractivity contribution in [2.24, 2.45) is 5.84 Å². The van der Waals surface area contributed by atoms with Gasteiger partial charge < -0.3 is 10.2 Å². The van der Waals surface area contributed by atoms with Crippen LogP contribution < -0.4 is 11.3 Å². The van der Waals surface area contributed by atoms with Crippen LogP contribution in [0.5, 0.6) is 0 Å². The van der Waals surface area contributed by atoms with Crippen molar-refractivity contribution in [2.45, 2.75) is 69.8 Å². The van der Waals surface area contributed by atoms with Gasteiger partial charge >= 0.3 is 0 Å². The molecule has 21 heavy (non-hydrogen) atoms. The monoisotopic (exact) mass is 290 g/mol. The van der Waals surface area contributed by atoms with Crippen LogP contribution in [0.3, 0.4) is 0 Å². The van der Waals surface area contributed by atoms with Gasteiger partial charge in [0.05, 0.1) is 0 Å². The molecule has 0 aliphatic heterocycles. The maximum Gasteiger partial charge on any atom is 0.162 e. The molecule has 0 unspecified atom stereocenters. The Bertz CT molecular complexity index is 479. The van der Waals surface area contributed by atoms with E-state index in [4.69, 9.17) is 15.6 Å². The lowest BCUT2D eigenvalue weighted by atomic mass is 9.99. The minimum atomic E-state index is -0.297. The Labute approximate surface area is 126 Å². The highest BCUT2D eigenvalue weighted by atomic mass is 16.5. The Kier molecular flexibility index (Phi) is 4.40. The van der Waals surface area contributed by atoms with Gasteiger partial charge in [-0.25, -0.2) is 15.8 Å². The lowest BCUT2D eigenvalue weighted by molar-refractivity contribution is -0.0457. The Morgan fingerprint density at radius 1 is 1.24 bits per heavy atom. The van der Waals surface area contributed by atoms with Gasteiger partial charge in [0.2, 0.25) is 0 Å². The van der Waals surface area contributed by atoms with Crippen LogP contribution in [0.4, 0.5) is 5.82 Å². The number of nitrogens with one attached hydrogen (secondary N) is 1. The van der Waals surface area contributed by atoms with E-state index in [1.54, 1.807) is 0 Å². The van der Waals surface area contributed by atoms with Crippen molar-refractivity contribution in [3.05, 3.63) is 17.6 Å². The fourth-order valence-electron chi connectivity index (χ4n) is 3.83. The topological polar surface area (TPSA) is 73.1 Å². The molecule has 5 heteroatoms. The first-order valence-electron chi connectivity index (χ1n) is 8.27. The van der Waals surface area contributed by atoms with Gasteiger partial charge in [-0.05, 0) is 45.4 Å². The van der Waals surface area contributed by atoms with Crippen molar-refractivity contribution in [3.8, 4) is 0 Å². The highest BCUT2D eigenvalue weighted by Crippen LogP contribution is 2.42. The number of nitrogen functional groups attached to an aromatic ring is 1. The molecule has 116 valence electrons. The zero-order chi connectivity index (χ0) is 14.7. The molecule has 0 spiro atoms. The summed E-state index contributed by atoms with van der Waals surface area (Å²) in [4.78, 5) is 9.53. The van der Waals surface area contributed by atoms with Crippen LogP contribution in [0.25, 0.3) is 0 Å². The van der Waals surface area contributed by atoms with Crippen LogP contribution in [0.1, 0.15) is 75.7 Å². The van der Waals surface area contributed by atoms with Crippen LogP contribution in [-0.2, 0) is 10.3 Å². The first-order valence-corrected chi connectivity index (χ1v) is 8.27. The molecule has 0 amide bonds. The van der Waals surface area contributed by atoms with Gasteiger partial charge in [-0.1, -0.05) is 12.8 Å². The number of ether oxygens (including phenoxy) is 1. The minimum absolute atomic E-state index is 0.297. The van der Waals surface area contributed by atoms with Crippen molar-refractivity contribution in [1.82, 2.24) is 9.97 Å². The average molecular weight is 290 g/mol. The first kappa shape index (κ1) is 14.7. The SMILES string of the molecule is CCOC1(c2nc(NN)cc(C3CCCC3)n2)CCCC1. The standard InChI is InChI=1S/C16H26N4O/c1-2-21-16(9-5-6-10-16)15-18-13(11-14(19-15)20-17)12-7-3-4-8-12/h11-12H,2-10,17H2,1H3,(H,18,19,20). The van der Waals surface area contributed by atoms with E-state index in [9.17, 15) is 0 Å². The first-order chi connectivity index (χ1) is 10.3. The zero-order valence-corrected chi connectivity index (χ0v) is 12.9. The van der Waals surface area contributed by atoms with Gasteiger partial charge in [0, 0.05) is 24.3 Å². The molecule has 2 saturated carbocycles. The highest BCUT2D eigenvalue weighted by molar-refractivity contribution is 5.37. The summed E-state index contributed by atoms with van der Waals surface area (Å²) in [5.74, 6) is 7.72. The maximum absolute atomic E-state index is 6.10. The molecule has 1 heterocycles. The summed E-state index contributed by atoms with van der Waals surface area (Å²) in [5.41, 5.74) is 3.55. The molecule has 1 aromatic heterocycles. The molecular weight excluding hydrogens is 264 g/mol. The van der Waals surface area contributed by atoms with Crippen LogP contribution in [-0.4, -0.2) is 16.6 Å². The number of nitrogens with zero attached hydrogens (tertiary/aromatic N) is 2. The van der Waals surface area contributed by atoms with Crippen molar-refractivity contribution in [2.75, 3.05) is 12.0 Å². The summed E-state index contributed by atoms with van der Waals surface area (Å²) in [5, 5.41) is 0. The third-order valence-electron chi connectivity index (χ3n) is 4.91. The van der Waals surface area contributed by atoms with E-state index < -0.39 is 0 Å². The van der Waals surface area contributed by atoms with Crippen molar-refractivity contribution >= 4 is 5.82 Å². The van der Waals surface area contributed by atoms with Crippen molar-refractivity contribution < 1.29 is 4.74 Å². The molecule has 3 rings (SSSR count). The Morgan fingerprint density at radius 3 is 2.57 bits per heavy atom. The molecule has 2 aliphatic rings. The van der Waals surface area contributed by atoms with Crippen LogP contribution >= 0.6 is 0 Å². The van der Waals surface area contributed by atoms with E-state index in [1.807, 2.05) is 13.0 Å². The smallest absolute Gasteiger partial charge is 0.162 e. The van der Waals surface area contributed by atoms with Gasteiger partial charge in [0.25, 0.3) is 0 Å². The second-order valence-corrected chi connectivity index (χ2v) is 6.26. The molecule has 0 atom stereocenters. The Hall–Kier alpha value is -1.20. The van der Waals surface area contributed by atoms with Crippen molar-refractivity contribution in [1.29, 1.82) is 0 Å². The second-order valence-electron chi connectivity index (χ2n) is 6.26. The van der Waals surface area contributed by atoms with E-state index in [-0.39, 0.29) is 5.60 Å². The minimum Gasteiger partial charge on any atom is -0.367 e. The number of hydrogen-bond acceptors (Lipinski definition) is 5. The third kappa shape index (κ3) is 2.90. The second kappa shape index (κ2) is 6.28. The number of aromatic nitrogens is 2. The molecule has 0 saturated heterocycles. The lowest BCUT2D eigenvalue weighted by Gasteiger charge is -2.28. The highest BCUT2D eigenvalue weighted by Gasteiger charge is 2.40. The summed E-state index contributed by atoms with van der Waals surface area (Å²) in [6.45, 7) is 2.74. The third-order valence-corrected chi connectivity index (χ3v) is 4.91. The summed E-state index contributed by atoms with van der Waals surface area (Å²) < 4.78 is 6.10. The van der Waals surface area contributed by atoms with Crippen molar-refractivity contribution in [3.63, 3.8) is 0 Å². The van der Waals surface area contributed by atoms with Gasteiger partial charge in [0.1, 0.15) is 11.4 Å². The molecule has 0 bridgehead atoms. The van der Waals surface area contributed by atoms with Crippen LogP contribution in [0.2, 0.25) is 0 Å². The summed E-state index contributed by atoms with van der Waals surface area (Å²) in [6, 6.07) is 2.01. The zero-order valence-electron chi connectivity index (χ0n) is 12.9. The Morgan fingerprint density at radius 2 is 1.95 bits per heavy atom. The number of hydrazine groups is 1. The number of anilines is 1. The molecule has 2 aliphatic carbocycles. The van der Waals surface area contributed by atoms with E-state index in [0.717, 1.165) is 24.4 Å². The molecular formula is C16H26N4O. The fraction of sp³-hybridized carbons (Fsp3) is 0.750. The number of hydrogen-bond donors (Lipinski definition) is 2. The molecule has 3 N–H and O–H groups in total. The van der Waals surface area contributed by atoms with Gasteiger partial charge in [-0.2, -0.15) is 0 Å². The molecule has 0 aromatic carbocycles. The van der Waals surface area contributed by atoms with E-state index in [0.29, 0.717) is 18.3 Å². The lowest BCUT2D eigenvalue weighted by Crippen LogP contribution is -2.30. The normalized spacial score (nSPS) is 21.8. The summed E-state index contributed by atoms with van der Waals surface area (Å²) >= 11 is 0. The molecule has 2 fully saturated rings. The quantitative estimate of drug-likeness (QED) is 0.643. The fourth-order valence-corrected chi connectivity index (χ4v) is 3.83. The van der Waals surface area contributed by atoms with Gasteiger partial charge in [-0.15, -0.1) is 0 Å². The van der Waals surface area contributed by atoms with Gasteiger partial charge in [0.15, 0.2) is 5.82 Å². The summed E-state index contributed by atoms with van der Waals surface area (Å²) in [7, 11) is 0. The van der Waals surface area contributed by atoms with Gasteiger partial charge in [-0.3, -0.25) is 0 Å². The molecule has 1 aromatic rings. The number of rotatable bonds is 5. The van der Waals surface area contributed by atoms with Crippen LogP contribution in [0, 0.1) is 0 Å². The molecule has 5 nitrogen and oxygen atoms in total. The average Bonchev–Trinajstić information content (AvgIpc) is 3.19. The largest absolute Gasteiger partial charge is 0.367 e. The van der Waals surface area contributed by atoms with E-state index >= 15 is 0 Å². The Balaban J connectivity index is 1.97. The van der Waals surface area contributed by atoms with Crippen LogP contribution in [0.15, 0.2) is 6.07 Å². The summed E-state index contributed by atoms with van der Waals surface area (Å²) in [6.07, 6.45) is 9.44. The predicted molar refractivity (Wildman–Crippen MR) is 82.8 cm³/mol. The predicted octanol–water partition coefficient (Wildman–Crippen LogP) is 3.23. The maximum atomic E-state index is 6.10.